The van der Waals surface area contributed by atoms with Crippen LogP contribution in [0.4, 0.5) is 4.39 Å². The molecule has 128 valence electrons. The van der Waals surface area contributed by atoms with Crippen LogP contribution in [0.5, 0.6) is 0 Å². The molecule has 0 aromatic heterocycles. The van der Waals surface area contributed by atoms with Crippen LogP contribution in [-0.2, 0) is 4.79 Å². The molecular formula is C18H26ClFN2O. The van der Waals surface area contributed by atoms with E-state index in [0.29, 0.717) is 18.8 Å². The molecule has 2 aliphatic carbocycles. The molecule has 0 radical (unpaired) electrons. The van der Waals surface area contributed by atoms with E-state index in [9.17, 15) is 4.79 Å². The van der Waals surface area contributed by atoms with Crippen molar-refractivity contribution >= 4 is 18.3 Å². The second-order valence-electron chi connectivity index (χ2n) is 6.96. The summed E-state index contributed by atoms with van der Waals surface area (Å²) in [4.78, 5) is 13.8. The largest absolute Gasteiger partial charge is 0.336 e. The van der Waals surface area contributed by atoms with Crippen molar-refractivity contribution in [1.29, 1.82) is 0 Å². The third kappa shape index (κ3) is 4.24. The number of halogens is 2. The number of carbonyl (C=O) groups excluding carboxylic acids is 1. The fraction of sp³-hybridized carbons (Fsp3) is 0.611. The number of carbonyl (C=O) groups is 1. The maximum Gasteiger partial charge on any atom is 0.219 e. The molecule has 1 amide bonds. The van der Waals surface area contributed by atoms with E-state index in [-0.39, 0.29) is 36.9 Å². The SMILES string of the molecule is CC(=O)N(CC1(F)CCC(N)CC1)C1CC1c1ccccc1.Cl. The number of hydrogen-bond acceptors (Lipinski definition) is 2. The lowest BCUT2D eigenvalue weighted by Gasteiger charge is -2.36. The molecule has 0 saturated heterocycles. The van der Waals surface area contributed by atoms with E-state index in [0.717, 1.165) is 19.3 Å². The lowest BCUT2D eigenvalue weighted by atomic mass is 9.83. The maximum atomic E-state index is 15.0. The van der Waals surface area contributed by atoms with Crippen molar-refractivity contribution in [3.63, 3.8) is 0 Å². The van der Waals surface area contributed by atoms with Gasteiger partial charge in [-0.2, -0.15) is 0 Å². The standard InChI is InChI=1S/C18H25FN2O.ClH/c1-13(22)21(12-18(19)9-7-15(20)8-10-18)17-11-16(17)14-5-3-2-4-6-14;/h2-6,15-17H,7-12,20H2,1H3;1H. The number of alkyl halides is 1. The molecule has 0 spiro atoms. The molecule has 1 aromatic carbocycles. The highest BCUT2D eigenvalue weighted by Crippen LogP contribution is 2.46. The fourth-order valence-electron chi connectivity index (χ4n) is 3.67. The summed E-state index contributed by atoms with van der Waals surface area (Å²) in [6, 6.07) is 10.5. The molecule has 0 aliphatic heterocycles. The van der Waals surface area contributed by atoms with Crippen LogP contribution in [0, 0.1) is 0 Å². The monoisotopic (exact) mass is 340 g/mol. The Balaban J connectivity index is 0.00000192. The number of rotatable bonds is 4. The van der Waals surface area contributed by atoms with Crippen LogP contribution in [-0.4, -0.2) is 35.1 Å². The first-order valence-electron chi connectivity index (χ1n) is 8.25. The summed E-state index contributed by atoms with van der Waals surface area (Å²) < 4.78 is 15.0. The summed E-state index contributed by atoms with van der Waals surface area (Å²) >= 11 is 0. The van der Waals surface area contributed by atoms with Gasteiger partial charge in [-0.05, 0) is 37.7 Å². The van der Waals surface area contributed by atoms with Gasteiger partial charge >= 0.3 is 0 Å². The van der Waals surface area contributed by atoms with E-state index in [2.05, 4.69) is 12.1 Å². The average molecular weight is 341 g/mol. The molecule has 0 bridgehead atoms. The Morgan fingerprint density at radius 3 is 2.48 bits per heavy atom. The number of hydrogen-bond donors (Lipinski definition) is 1. The Morgan fingerprint density at radius 2 is 1.91 bits per heavy atom. The Hall–Kier alpha value is -1.13. The molecule has 3 rings (SSSR count). The number of nitrogens with two attached hydrogens (primary N) is 1. The lowest BCUT2D eigenvalue weighted by molar-refractivity contribution is -0.132. The molecule has 5 heteroatoms. The summed E-state index contributed by atoms with van der Waals surface area (Å²) in [6.07, 6.45) is 3.32. The van der Waals surface area contributed by atoms with Gasteiger partial charge in [0, 0.05) is 24.9 Å². The van der Waals surface area contributed by atoms with Crippen molar-refractivity contribution in [2.24, 2.45) is 5.73 Å². The van der Waals surface area contributed by atoms with Crippen molar-refractivity contribution in [2.45, 2.75) is 62.7 Å². The zero-order valence-corrected chi connectivity index (χ0v) is 14.4. The number of nitrogens with zero attached hydrogens (tertiary/aromatic N) is 1. The molecule has 2 saturated carbocycles. The molecule has 2 unspecified atom stereocenters. The van der Waals surface area contributed by atoms with Crippen molar-refractivity contribution in [1.82, 2.24) is 4.90 Å². The van der Waals surface area contributed by atoms with Crippen molar-refractivity contribution in [2.75, 3.05) is 6.54 Å². The first kappa shape index (κ1) is 18.2. The Bertz CT molecular complexity index is 531. The van der Waals surface area contributed by atoms with Gasteiger partial charge in [-0.1, -0.05) is 30.3 Å². The minimum absolute atomic E-state index is 0. The Kier molecular flexibility index (Phi) is 5.69. The normalized spacial score (nSPS) is 32.7. The number of amides is 1. The van der Waals surface area contributed by atoms with Gasteiger partial charge < -0.3 is 10.6 Å². The van der Waals surface area contributed by atoms with E-state index in [1.54, 1.807) is 11.8 Å². The molecule has 3 nitrogen and oxygen atoms in total. The fourth-order valence-corrected chi connectivity index (χ4v) is 3.67. The van der Waals surface area contributed by atoms with Crippen LogP contribution in [0.3, 0.4) is 0 Å². The maximum absolute atomic E-state index is 15.0. The predicted molar refractivity (Wildman–Crippen MR) is 92.5 cm³/mol. The highest BCUT2D eigenvalue weighted by Gasteiger charge is 2.47. The van der Waals surface area contributed by atoms with Gasteiger partial charge in [0.05, 0.1) is 6.54 Å². The first-order valence-corrected chi connectivity index (χ1v) is 8.25. The van der Waals surface area contributed by atoms with Crippen molar-refractivity contribution in [3.05, 3.63) is 35.9 Å². The molecule has 0 heterocycles. The minimum Gasteiger partial charge on any atom is -0.336 e. The minimum atomic E-state index is -1.26. The van der Waals surface area contributed by atoms with Crippen LogP contribution in [0.15, 0.2) is 30.3 Å². The molecule has 23 heavy (non-hydrogen) atoms. The van der Waals surface area contributed by atoms with Crippen LogP contribution in [0.25, 0.3) is 0 Å². The number of benzene rings is 1. The summed E-state index contributed by atoms with van der Waals surface area (Å²) in [5.41, 5.74) is 5.86. The molecule has 2 aliphatic rings. The van der Waals surface area contributed by atoms with Gasteiger partial charge in [0.2, 0.25) is 5.91 Å². The van der Waals surface area contributed by atoms with Crippen molar-refractivity contribution < 1.29 is 9.18 Å². The highest BCUT2D eigenvalue weighted by atomic mass is 35.5. The summed E-state index contributed by atoms with van der Waals surface area (Å²) in [7, 11) is 0. The van der Waals surface area contributed by atoms with E-state index in [1.807, 2.05) is 18.2 Å². The summed E-state index contributed by atoms with van der Waals surface area (Å²) in [6.45, 7) is 1.78. The lowest BCUT2D eigenvalue weighted by Crippen LogP contribution is -2.47. The van der Waals surface area contributed by atoms with Gasteiger partial charge in [-0.15, -0.1) is 12.4 Å². The van der Waals surface area contributed by atoms with Gasteiger partial charge in [-0.3, -0.25) is 4.79 Å². The van der Waals surface area contributed by atoms with Gasteiger partial charge in [0.25, 0.3) is 0 Å². The smallest absolute Gasteiger partial charge is 0.219 e. The molecule has 2 fully saturated rings. The molecule has 2 atom stereocenters. The zero-order chi connectivity index (χ0) is 15.7. The van der Waals surface area contributed by atoms with Crippen LogP contribution < -0.4 is 5.73 Å². The van der Waals surface area contributed by atoms with E-state index < -0.39 is 5.67 Å². The van der Waals surface area contributed by atoms with Gasteiger partial charge in [0.15, 0.2) is 0 Å². The summed E-state index contributed by atoms with van der Waals surface area (Å²) in [5.74, 6) is 0.342. The van der Waals surface area contributed by atoms with Crippen LogP contribution in [0.2, 0.25) is 0 Å². The van der Waals surface area contributed by atoms with E-state index in [4.69, 9.17) is 5.73 Å². The molecular weight excluding hydrogens is 315 g/mol. The zero-order valence-electron chi connectivity index (χ0n) is 13.6. The Morgan fingerprint density at radius 1 is 1.30 bits per heavy atom. The van der Waals surface area contributed by atoms with E-state index in [1.165, 1.54) is 5.56 Å². The van der Waals surface area contributed by atoms with Gasteiger partial charge in [0.1, 0.15) is 5.67 Å². The molecule has 1 aromatic rings. The molecule has 2 N–H and O–H groups in total. The topological polar surface area (TPSA) is 46.3 Å². The third-order valence-corrected chi connectivity index (χ3v) is 5.17. The second-order valence-corrected chi connectivity index (χ2v) is 6.96. The quantitative estimate of drug-likeness (QED) is 0.912. The average Bonchev–Trinajstić information content (AvgIpc) is 3.29. The van der Waals surface area contributed by atoms with Crippen LogP contribution in [0.1, 0.15) is 50.5 Å². The highest BCUT2D eigenvalue weighted by molar-refractivity contribution is 5.85. The van der Waals surface area contributed by atoms with Gasteiger partial charge in [-0.25, -0.2) is 4.39 Å². The first-order chi connectivity index (χ1) is 10.5. The summed E-state index contributed by atoms with van der Waals surface area (Å²) in [5, 5.41) is 0. The third-order valence-electron chi connectivity index (χ3n) is 5.17. The van der Waals surface area contributed by atoms with Crippen LogP contribution >= 0.6 is 12.4 Å². The van der Waals surface area contributed by atoms with Crippen molar-refractivity contribution in [3.8, 4) is 0 Å². The predicted octanol–water partition coefficient (Wildman–Crippen LogP) is 3.42. The van der Waals surface area contributed by atoms with E-state index >= 15 is 4.39 Å². The Labute approximate surface area is 143 Å². The second kappa shape index (κ2) is 7.18.